The Morgan fingerprint density at radius 1 is 1.50 bits per heavy atom. The lowest BCUT2D eigenvalue weighted by atomic mass is 10.3. The molecule has 0 aliphatic carbocycles. The van der Waals surface area contributed by atoms with E-state index < -0.39 is 0 Å². The van der Waals surface area contributed by atoms with Gasteiger partial charge in [-0.25, -0.2) is 0 Å². The molecule has 0 aromatic rings. The number of hydrogen-bond donors (Lipinski definition) is 1. The molecule has 0 aromatic carbocycles. The van der Waals surface area contributed by atoms with E-state index in [0.29, 0.717) is 17.6 Å². The predicted octanol–water partition coefficient (Wildman–Crippen LogP) is 2.63. The summed E-state index contributed by atoms with van der Waals surface area (Å²) >= 11 is 11.1. The Morgan fingerprint density at radius 3 is 2.64 bits per heavy atom. The minimum absolute atomic E-state index is 0.612. The Morgan fingerprint density at radius 2 is 2.14 bits per heavy atom. The number of hydrogen-bond acceptors (Lipinski definition) is 2. The average Bonchev–Trinajstić information content (AvgIpc) is 2.16. The lowest BCUT2D eigenvalue weighted by Crippen LogP contribution is -2.29. The summed E-state index contributed by atoms with van der Waals surface area (Å²) in [6, 6.07) is 0.612. The van der Waals surface area contributed by atoms with Gasteiger partial charge in [-0.05, 0) is 40.4 Å². The molecule has 0 radical (unpaired) electrons. The molecule has 0 saturated carbocycles. The van der Waals surface area contributed by atoms with Crippen molar-refractivity contribution in [3.8, 4) is 0 Å². The van der Waals surface area contributed by atoms with Crippen LogP contribution in [0.3, 0.4) is 0 Å². The molecule has 84 valence electrons. The van der Waals surface area contributed by atoms with E-state index in [2.05, 4.69) is 31.1 Å². The van der Waals surface area contributed by atoms with Crippen molar-refractivity contribution >= 4 is 23.2 Å². The summed E-state index contributed by atoms with van der Waals surface area (Å²) < 4.78 is 0. The first-order chi connectivity index (χ1) is 6.57. The Labute approximate surface area is 97.3 Å². The van der Waals surface area contributed by atoms with Gasteiger partial charge in [0.25, 0.3) is 0 Å². The van der Waals surface area contributed by atoms with E-state index in [9.17, 15) is 0 Å². The predicted molar refractivity (Wildman–Crippen MR) is 65.0 cm³/mol. The second kappa shape index (κ2) is 8.54. The van der Waals surface area contributed by atoms with E-state index in [1.165, 1.54) is 5.54 Å². The van der Waals surface area contributed by atoms with Crippen LogP contribution in [0.1, 0.15) is 20.3 Å². The van der Waals surface area contributed by atoms with Gasteiger partial charge in [0.2, 0.25) is 0 Å². The smallest absolute Gasteiger partial charge is 0.0431 e. The van der Waals surface area contributed by atoms with Gasteiger partial charge in [0.15, 0.2) is 0 Å². The van der Waals surface area contributed by atoms with Gasteiger partial charge in [-0.3, -0.25) is 0 Å². The largest absolute Gasteiger partial charge is 0.312 e. The van der Waals surface area contributed by atoms with Crippen molar-refractivity contribution in [2.45, 2.75) is 26.3 Å². The van der Waals surface area contributed by atoms with E-state index in [1.807, 2.05) is 0 Å². The maximum absolute atomic E-state index is 5.71. The molecule has 0 fully saturated rings. The normalized spacial score (nSPS) is 12.9. The van der Waals surface area contributed by atoms with Gasteiger partial charge < -0.3 is 10.2 Å². The topological polar surface area (TPSA) is 15.3 Å². The summed E-state index contributed by atoms with van der Waals surface area (Å²) in [5.41, 5.74) is 1.40. The van der Waals surface area contributed by atoms with E-state index in [0.717, 1.165) is 19.5 Å². The van der Waals surface area contributed by atoms with Crippen molar-refractivity contribution in [2.24, 2.45) is 0 Å². The molecule has 0 spiro atoms. The van der Waals surface area contributed by atoms with Crippen molar-refractivity contribution in [3.63, 3.8) is 0 Å². The van der Waals surface area contributed by atoms with Gasteiger partial charge in [0.1, 0.15) is 0 Å². The fourth-order valence-electron chi connectivity index (χ4n) is 0.958. The second-order valence-corrected chi connectivity index (χ2v) is 4.36. The van der Waals surface area contributed by atoms with E-state index >= 15 is 0 Å². The molecule has 0 aliphatic rings. The molecule has 0 rings (SSSR count). The minimum atomic E-state index is 0.612. The van der Waals surface area contributed by atoms with E-state index in [4.69, 9.17) is 23.2 Å². The van der Waals surface area contributed by atoms with Gasteiger partial charge in [-0.15, -0.1) is 0 Å². The first-order valence-electron chi connectivity index (χ1n) is 4.93. The summed E-state index contributed by atoms with van der Waals surface area (Å²) in [6.07, 6.45) is 1.13. The molecular formula is C10H20Cl2N2. The quantitative estimate of drug-likeness (QED) is 0.687. The maximum Gasteiger partial charge on any atom is 0.0431 e. The minimum Gasteiger partial charge on any atom is -0.312 e. The molecular weight excluding hydrogens is 219 g/mol. The van der Waals surface area contributed by atoms with Crippen LogP contribution in [0.25, 0.3) is 0 Å². The highest BCUT2D eigenvalue weighted by atomic mass is 35.5. The van der Waals surface area contributed by atoms with Crippen molar-refractivity contribution in [2.75, 3.05) is 26.7 Å². The average molecular weight is 239 g/mol. The van der Waals surface area contributed by atoms with Crippen LogP contribution in [0.4, 0.5) is 0 Å². The Balaban J connectivity index is 3.30. The molecule has 0 amide bonds. The van der Waals surface area contributed by atoms with E-state index in [1.54, 1.807) is 0 Å². The highest BCUT2D eigenvalue weighted by Crippen LogP contribution is 2.00. The van der Waals surface area contributed by atoms with Gasteiger partial charge in [0, 0.05) is 23.2 Å². The van der Waals surface area contributed by atoms with Crippen molar-refractivity contribution < 1.29 is 0 Å². The van der Waals surface area contributed by atoms with Crippen molar-refractivity contribution in [1.82, 2.24) is 10.2 Å². The molecule has 14 heavy (non-hydrogen) atoms. The fourth-order valence-corrected chi connectivity index (χ4v) is 1.13. The Hall–Kier alpha value is 0.240. The molecule has 0 bridgehead atoms. The monoisotopic (exact) mass is 238 g/mol. The molecule has 0 aromatic heterocycles. The van der Waals surface area contributed by atoms with Crippen LogP contribution in [0.15, 0.2) is 10.6 Å². The fraction of sp³-hybridized carbons (Fsp3) is 0.800. The standard InChI is InChI=1S/C10H20Cl2N2/c1-9(2)14(3)6-4-5-13-8-10(12)7-11/h7,9,13H,4-6,8H2,1-3H3. The zero-order valence-electron chi connectivity index (χ0n) is 9.19. The first kappa shape index (κ1) is 14.2. The van der Waals surface area contributed by atoms with Gasteiger partial charge in [-0.2, -0.15) is 0 Å². The highest BCUT2D eigenvalue weighted by molar-refractivity contribution is 6.36. The summed E-state index contributed by atoms with van der Waals surface area (Å²) in [5.74, 6) is 0. The Bertz CT molecular complexity index is 170. The highest BCUT2D eigenvalue weighted by Gasteiger charge is 2.01. The van der Waals surface area contributed by atoms with Crippen LogP contribution < -0.4 is 5.32 Å². The van der Waals surface area contributed by atoms with Crippen LogP contribution in [0.2, 0.25) is 0 Å². The summed E-state index contributed by atoms with van der Waals surface area (Å²) in [7, 11) is 2.14. The molecule has 0 unspecified atom stereocenters. The van der Waals surface area contributed by atoms with Crippen LogP contribution in [0.5, 0.6) is 0 Å². The third-order valence-electron chi connectivity index (χ3n) is 2.16. The zero-order valence-corrected chi connectivity index (χ0v) is 10.7. The SMILES string of the molecule is CC(C)N(C)CCCNCC(Cl)=CCl. The van der Waals surface area contributed by atoms with Crippen LogP contribution in [0, 0.1) is 0 Å². The van der Waals surface area contributed by atoms with Gasteiger partial charge in [0.05, 0.1) is 0 Å². The molecule has 0 aliphatic heterocycles. The Kier molecular flexibility index (Phi) is 8.69. The van der Waals surface area contributed by atoms with Gasteiger partial charge >= 0.3 is 0 Å². The summed E-state index contributed by atoms with van der Waals surface area (Å²) in [6.45, 7) is 7.13. The third-order valence-corrected chi connectivity index (χ3v) is 2.78. The molecule has 0 heterocycles. The third kappa shape index (κ3) is 7.63. The van der Waals surface area contributed by atoms with E-state index in [-0.39, 0.29) is 0 Å². The summed E-state index contributed by atoms with van der Waals surface area (Å²) in [4.78, 5) is 2.32. The first-order valence-corrected chi connectivity index (χ1v) is 5.75. The molecule has 0 atom stereocenters. The second-order valence-electron chi connectivity index (χ2n) is 3.66. The number of nitrogens with one attached hydrogen (secondary N) is 1. The molecule has 0 saturated heterocycles. The summed E-state index contributed by atoms with van der Waals surface area (Å²) in [5, 5.41) is 3.88. The van der Waals surface area contributed by atoms with Crippen LogP contribution in [-0.4, -0.2) is 37.6 Å². The number of rotatable bonds is 7. The van der Waals surface area contributed by atoms with Crippen molar-refractivity contribution in [3.05, 3.63) is 10.6 Å². The van der Waals surface area contributed by atoms with Gasteiger partial charge in [-0.1, -0.05) is 23.2 Å². The lowest BCUT2D eigenvalue weighted by Gasteiger charge is -2.20. The lowest BCUT2D eigenvalue weighted by molar-refractivity contribution is 0.270. The molecule has 2 nitrogen and oxygen atoms in total. The molecule has 1 N–H and O–H groups in total. The zero-order chi connectivity index (χ0) is 11.0. The number of nitrogens with zero attached hydrogens (tertiary/aromatic N) is 1. The molecule has 4 heteroatoms. The maximum atomic E-state index is 5.71. The van der Waals surface area contributed by atoms with Crippen LogP contribution >= 0.6 is 23.2 Å². The van der Waals surface area contributed by atoms with Crippen LogP contribution in [-0.2, 0) is 0 Å². The number of halogens is 2. The van der Waals surface area contributed by atoms with Crippen molar-refractivity contribution in [1.29, 1.82) is 0 Å².